The third-order valence-electron chi connectivity index (χ3n) is 3.46. The van der Waals surface area contributed by atoms with Gasteiger partial charge in [-0.15, -0.1) is 0 Å². The van der Waals surface area contributed by atoms with Gasteiger partial charge in [0.15, 0.2) is 0 Å². The normalized spacial score (nSPS) is 12.5. The Balaban J connectivity index is 1.60. The van der Waals surface area contributed by atoms with Crippen molar-refractivity contribution in [2.75, 3.05) is 13.6 Å². The molecule has 0 bridgehead atoms. The van der Waals surface area contributed by atoms with Gasteiger partial charge in [0.25, 0.3) is 0 Å². The molecule has 3 rings (SSSR count). The molecule has 1 aromatic carbocycles. The summed E-state index contributed by atoms with van der Waals surface area (Å²) in [4.78, 5) is 10.3. The number of aliphatic hydroxyl groups excluding tert-OH is 1. The highest BCUT2D eigenvalue weighted by atomic mass is 16.5. The molecule has 1 atom stereocenters. The molecular weight excluding hydrogens is 292 g/mol. The van der Waals surface area contributed by atoms with Gasteiger partial charge in [0, 0.05) is 24.5 Å². The second-order valence-corrected chi connectivity index (χ2v) is 5.38. The molecule has 2 aromatic heterocycles. The van der Waals surface area contributed by atoms with Gasteiger partial charge in [-0.3, -0.25) is 9.88 Å². The lowest BCUT2D eigenvalue weighted by Crippen LogP contribution is -2.24. The molecule has 0 saturated carbocycles. The van der Waals surface area contributed by atoms with E-state index in [1.54, 1.807) is 12.4 Å². The van der Waals surface area contributed by atoms with Crippen LogP contribution in [0.2, 0.25) is 0 Å². The van der Waals surface area contributed by atoms with E-state index in [1.807, 2.05) is 54.4 Å². The molecule has 23 heavy (non-hydrogen) atoms. The van der Waals surface area contributed by atoms with Crippen molar-refractivity contribution in [1.29, 1.82) is 0 Å². The van der Waals surface area contributed by atoms with E-state index in [4.69, 9.17) is 4.52 Å². The molecule has 6 heteroatoms. The summed E-state index contributed by atoms with van der Waals surface area (Å²) in [5.74, 6) is 1.02. The zero-order valence-corrected chi connectivity index (χ0v) is 12.8. The SMILES string of the molecule is CN(Cc1nc(-c2cccnc2)no1)CC(O)c1ccccc1. The fourth-order valence-electron chi connectivity index (χ4n) is 2.30. The van der Waals surface area contributed by atoms with E-state index in [0.717, 1.165) is 11.1 Å². The molecule has 0 amide bonds. The Hall–Kier alpha value is -2.57. The minimum absolute atomic E-state index is 0.469. The van der Waals surface area contributed by atoms with E-state index in [1.165, 1.54) is 0 Å². The second kappa shape index (κ2) is 7.13. The van der Waals surface area contributed by atoms with Crippen molar-refractivity contribution in [1.82, 2.24) is 20.0 Å². The average molecular weight is 310 g/mol. The molecule has 0 aliphatic heterocycles. The Labute approximate surface area is 134 Å². The maximum atomic E-state index is 10.2. The quantitative estimate of drug-likeness (QED) is 0.753. The number of pyridine rings is 1. The van der Waals surface area contributed by atoms with Crippen molar-refractivity contribution >= 4 is 0 Å². The zero-order chi connectivity index (χ0) is 16.1. The standard InChI is InChI=1S/C17H18N4O2/c1-21(11-15(22)13-6-3-2-4-7-13)12-16-19-17(20-23-16)14-8-5-9-18-10-14/h2-10,15,22H,11-12H2,1H3. The molecular formula is C17H18N4O2. The first kappa shape index (κ1) is 15.3. The van der Waals surface area contributed by atoms with Crippen LogP contribution in [0.1, 0.15) is 17.6 Å². The van der Waals surface area contributed by atoms with Crippen molar-refractivity contribution < 1.29 is 9.63 Å². The topological polar surface area (TPSA) is 75.3 Å². The van der Waals surface area contributed by atoms with Crippen LogP contribution < -0.4 is 0 Å². The van der Waals surface area contributed by atoms with Crippen LogP contribution in [0.3, 0.4) is 0 Å². The minimum Gasteiger partial charge on any atom is -0.387 e. The maximum absolute atomic E-state index is 10.2. The van der Waals surface area contributed by atoms with Crippen molar-refractivity contribution in [2.24, 2.45) is 0 Å². The predicted octanol–water partition coefficient (Wildman–Crippen LogP) is 2.30. The van der Waals surface area contributed by atoms with E-state index in [2.05, 4.69) is 15.1 Å². The monoisotopic (exact) mass is 310 g/mol. The molecule has 1 unspecified atom stereocenters. The smallest absolute Gasteiger partial charge is 0.241 e. The molecule has 0 fully saturated rings. The lowest BCUT2D eigenvalue weighted by Gasteiger charge is -2.19. The second-order valence-electron chi connectivity index (χ2n) is 5.38. The number of aromatic nitrogens is 3. The number of aliphatic hydroxyl groups is 1. The fraction of sp³-hybridized carbons (Fsp3) is 0.235. The summed E-state index contributed by atoms with van der Waals surface area (Å²) >= 11 is 0. The summed E-state index contributed by atoms with van der Waals surface area (Å²) in [5, 5.41) is 14.2. The molecule has 0 aliphatic rings. The molecule has 0 spiro atoms. The van der Waals surface area contributed by atoms with Gasteiger partial charge < -0.3 is 9.63 Å². The van der Waals surface area contributed by atoms with Gasteiger partial charge in [-0.1, -0.05) is 35.5 Å². The highest BCUT2D eigenvalue weighted by Crippen LogP contribution is 2.16. The fourth-order valence-corrected chi connectivity index (χ4v) is 2.30. The van der Waals surface area contributed by atoms with Crippen LogP contribution in [-0.4, -0.2) is 38.7 Å². The van der Waals surface area contributed by atoms with Crippen LogP contribution in [0.5, 0.6) is 0 Å². The van der Waals surface area contributed by atoms with E-state index < -0.39 is 6.10 Å². The molecule has 2 heterocycles. The van der Waals surface area contributed by atoms with Gasteiger partial charge in [0.2, 0.25) is 11.7 Å². The predicted molar refractivity (Wildman–Crippen MR) is 85.3 cm³/mol. The molecule has 3 aromatic rings. The zero-order valence-electron chi connectivity index (χ0n) is 12.8. The molecule has 1 N–H and O–H groups in total. The first-order valence-corrected chi connectivity index (χ1v) is 7.37. The summed E-state index contributed by atoms with van der Waals surface area (Å²) in [7, 11) is 1.90. The summed E-state index contributed by atoms with van der Waals surface area (Å²) in [6, 6.07) is 13.3. The number of likely N-dealkylation sites (N-methyl/N-ethyl adjacent to an activating group) is 1. The Morgan fingerprint density at radius 2 is 2.00 bits per heavy atom. The third-order valence-corrected chi connectivity index (χ3v) is 3.46. The lowest BCUT2D eigenvalue weighted by atomic mass is 10.1. The van der Waals surface area contributed by atoms with E-state index in [-0.39, 0.29) is 0 Å². The van der Waals surface area contributed by atoms with Crippen LogP contribution >= 0.6 is 0 Å². The number of nitrogens with zero attached hydrogens (tertiary/aromatic N) is 4. The summed E-state index contributed by atoms with van der Waals surface area (Å²) in [6.45, 7) is 0.950. The Morgan fingerprint density at radius 1 is 1.17 bits per heavy atom. The van der Waals surface area contributed by atoms with Gasteiger partial charge >= 0.3 is 0 Å². The Bertz CT molecular complexity index is 731. The number of hydrogen-bond donors (Lipinski definition) is 1. The van der Waals surface area contributed by atoms with Crippen molar-refractivity contribution in [2.45, 2.75) is 12.6 Å². The molecule has 118 valence electrons. The van der Waals surface area contributed by atoms with E-state index >= 15 is 0 Å². The first-order chi connectivity index (χ1) is 11.2. The van der Waals surface area contributed by atoms with Crippen LogP contribution in [-0.2, 0) is 6.54 Å². The largest absolute Gasteiger partial charge is 0.387 e. The highest BCUT2D eigenvalue weighted by Gasteiger charge is 2.14. The molecule has 0 aliphatic carbocycles. The number of hydrogen-bond acceptors (Lipinski definition) is 6. The Kier molecular flexibility index (Phi) is 4.75. The summed E-state index contributed by atoms with van der Waals surface area (Å²) in [6.07, 6.45) is 2.84. The van der Waals surface area contributed by atoms with Crippen molar-refractivity contribution in [3.8, 4) is 11.4 Å². The van der Waals surface area contributed by atoms with Gasteiger partial charge in [0.05, 0.1) is 12.6 Å². The van der Waals surface area contributed by atoms with Gasteiger partial charge in [-0.2, -0.15) is 4.98 Å². The number of benzene rings is 1. The number of rotatable bonds is 6. The summed E-state index contributed by atoms with van der Waals surface area (Å²) in [5.41, 5.74) is 1.70. The maximum Gasteiger partial charge on any atom is 0.241 e. The van der Waals surface area contributed by atoms with Crippen LogP contribution in [0.25, 0.3) is 11.4 Å². The van der Waals surface area contributed by atoms with E-state index in [0.29, 0.717) is 24.8 Å². The van der Waals surface area contributed by atoms with Gasteiger partial charge in [-0.25, -0.2) is 0 Å². The lowest BCUT2D eigenvalue weighted by molar-refractivity contribution is 0.118. The van der Waals surface area contributed by atoms with Crippen LogP contribution in [0.4, 0.5) is 0 Å². The van der Waals surface area contributed by atoms with Gasteiger partial charge in [-0.05, 0) is 24.7 Å². The van der Waals surface area contributed by atoms with Crippen molar-refractivity contribution in [3.63, 3.8) is 0 Å². The summed E-state index contributed by atoms with van der Waals surface area (Å²) < 4.78 is 5.26. The van der Waals surface area contributed by atoms with Crippen LogP contribution in [0.15, 0.2) is 59.4 Å². The molecule has 6 nitrogen and oxygen atoms in total. The molecule has 0 radical (unpaired) electrons. The molecule has 0 saturated heterocycles. The first-order valence-electron chi connectivity index (χ1n) is 7.37. The van der Waals surface area contributed by atoms with E-state index in [9.17, 15) is 5.11 Å². The third kappa shape index (κ3) is 4.00. The van der Waals surface area contributed by atoms with Gasteiger partial charge in [0.1, 0.15) is 0 Å². The Morgan fingerprint density at radius 3 is 2.74 bits per heavy atom. The van der Waals surface area contributed by atoms with Crippen LogP contribution in [0, 0.1) is 0 Å². The minimum atomic E-state index is -0.554. The average Bonchev–Trinajstić information content (AvgIpc) is 3.04. The van der Waals surface area contributed by atoms with Crippen molar-refractivity contribution in [3.05, 3.63) is 66.3 Å². The highest BCUT2D eigenvalue weighted by molar-refractivity contribution is 5.51.